The molecule has 0 saturated carbocycles. The first kappa shape index (κ1) is 18.6. The monoisotopic (exact) mass is 378 g/mol. The fraction of sp³-hybridized carbons (Fsp3) is 0.471. The minimum Gasteiger partial charge on any atom is -0.355 e. The molecule has 26 heavy (non-hydrogen) atoms. The molecule has 3 rings (SSSR count). The number of rotatable bonds is 6. The predicted octanol–water partition coefficient (Wildman–Crippen LogP) is -0.615. The van der Waals surface area contributed by atoms with Crippen molar-refractivity contribution in [2.24, 2.45) is 10.7 Å². The van der Waals surface area contributed by atoms with Gasteiger partial charge in [-0.15, -0.1) is 0 Å². The summed E-state index contributed by atoms with van der Waals surface area (Å²) in [5.41, 5.74) is 7.28. The number of carbonyl (C=O) groups is 2. The van der Waals surface area contributed by atoms with E-state index in [1.807, 2.05) is 29.2 Å². The van der Waals surface area contributed by atoms with Crippen LogP contribution in [0.2, 0.25) is 5.02 Å². The van der Waals surface area contributed by atoms with Crippen LogP contribution in [0.25, 0.3) is 0 Å². The van der Waals surface area contributed by atoms with E-state index < -0.39 is 12.2 Å². The number of nitrogens with one attached hydrogen (secondary N) is 2. The molecule has 2 aliphatic heterocycles. The molecule has 0 radical (unpaired) electrons. The fourth-order valence-electron chi connectivity index (χ4n) is 3.13. The van der Waals surface area contributed by atoms with Crippen LogP contribution in [0.15, 0.2) is 29.3 Å². The molecule has 2 aliphatic rings. The van der Waals surface area contributed by atoms with E-state index in [2.05, 4.69) is 15.6 Å². The van der Waals surface area contributed by atoms with Crippen molar-refractivity contribution < 1.29 is 9.59 Å². The minimum atomic E-state index is -0.640. The normalized spacial score (nSPS) is 22.3. The lowest BCUT2D eigenvalue weighted by molar-refractivity contribution is -0.132. The largest absolute Gasteiger partial charge is 0.355 e. The van der Waals surface area contributed by atoms with Crippen LogP contribution in [-0.4, -0.2) is 73.0 Å². The first-order valence-electron chi connectivity index (χ1n) is 8.56. The van der Waals surface area contributed by atoms with Crippen molar-refractivity contribution in [3.63, 3.8) is 0 Å². The summed E-state index contributed by atoms with van der Waals surface area (Å²) in [6.07, 6.45) is 0.183. The molecule has 0 aromatic heterocycles. The zero-order valence-corrected chi connectivity index (χ0v) is 15.4. The van der Waals surface area contributed by atoms with E-state index in [4.69, 9.17) is 17.3 Å². The number of fused-ring (bicyclic) bond motifs is 1. The first-order chi connectivity index (χ1) is 12.5. The molecule has 1 aromatic rings. The second kappa shape index (κ2) is 8.03. The molecule has 8 nitrogen and oxygen atoms in total. The summed E-state index contributed by atoms with van der Waals surface area (Å²) in [4.78, 5) is 32.2. The number of benzene rings is 1. The Bertz CT molecular complexity index is 708. The molecule has 140 valence electrons. The quantitative estimate of drug-likeness (QED) is 0.612. The first-order valence-corrected chi connectivity index (χ1v) is 8.94. The van der Waals surface area contributed by atoms with Crippen molar-refractivity contribution in [3.8, 4) is 0 Å². The van der Waals surface area contributed by atoms with Gasteiger partial charge in [0.1, 0.15) is 12.2 Å². The van der Waals surface area contributed by atoms with Gasteiger partial charge in [0.2, 0.25) is 17.8 Å². The molecular formula is C17H23ClN6O2. The summed E-state index contributed by atoms with van der Waals surface area (Å²) >= 11 is 5.85. The zero-order valence-electron chi connectivity index (χ0n) is 14.6. The second-order valence-electron chi connectivity index (χ2n) is 6.35. The van der Waals surface area contributed by atoms with E-state index in [9.17, 15) is 9.59 Å². The van der Waals surface area contributed by atoms with Gasteiger partial charge in [0.15, 0.2) is 0 Å². The third-order valence-electron chi connectivity index (χ3n) is 4.58. The summed E-state index contributed by atoms with van der Waals surface area (Å²) in [7, 11) is 1.67. The average Bonchev–Trinajstić information content (AvgIpc) is 3.12. The molecule has 0 spiro atoms. The molecule has 4 N–H and O–H groups in total. The molecule has 2 unspecified atom stereocenters. The Labute approximate surface area is 157 Å². The summed E-state index contributed by atoms with van der Waals surface area (Å²) in [6.45, 7) is 1.84. The number of amides is 2. The third kappa shape index (κ3) is 3.98. The molecule has 1 saturated heterocycles. The lowest BCUT2D eigenvalue weighted by Gasteiger charge is -2.41. The predicted molar refractivity (Wildman–Crippen MR) is 99.7 cm³/mol. The van der Waals surface area contributed by atoms with Gasteiger partial charge in [0.05, 0.1) is 13.1 Å². The van der Waals surface area contributed by atoms with E-state index in [0.717, 1.165) is 5.56 Å². The van der Waals surface area contributed by atoms with E-state index in [1.54, 1.807) is 7.05 Å². The van der Waals surface area contributed by atoms with Crippen molar-refractivity contribution in [2.45, 2.75) is 18.6 Å². The number of carbonyl (C=O) groups excluding carboxylic acids is 2. The Morgan fingerprint density at radius 1 is 1.38 bits per heavy atom. The van der Waals surface area contributed by atoms with Gasteiger partial charge >= 0.3 is 0 Å². The number of aliphatic imine (C=N–C) groups is 1. The van der Waals surface area contributed by atoms with Gasteiger partial charge in [0.25, 0.3) is 0 Å². The Morgan fingerprint density at radius 2 is 2.12 bits per heavy atom. The molecule has 2 atom stereocenters. The second-order valence-corrected chi connectivity index (χ2v) is 6.78. The van der Waals surface area contributed by atoms with Gasteiger partial charge in [-0.2, -0.15) is 0 Å². The van der Waals surface area contributed by atoms with E-state index in [-0.39, 0.29) is 18.4 Å². The average molecular weight is 379 g/mol. The van der Waals surface area contributed by atoms with E-state index in [0.29, 0.717) is 37.0 Å². The van der Waals surface area contributed by atoms with Crippen LogP contribution in [0.1, 0.15) is 5.56 Å². The number of guanidine groups is 1. The third-order valence-corrected chi connectivity index (χ3v) is 4.83. The Hall–Kier alpha value is -2.16. The summed E-state index contributed by atoms with van der Waals surface area (Å²) in [6, 6.07) is 6.86. The van der Waals surface area contributed by atoms with Gasteiger partial charge < -0.3 is 16.0 Å². The van der Waals surface area contributed by atoms with Crippen molar-refractivity contribution in [3.05, 3.63) is 34.9 Å². The highest BCUT2D eigenvalue weighted by Gasteiger charge is 2.43. The number of hydrogen-bond acceptors (Lipinski definition) is 6. The zero-order chi connectivity index (χ0) is 18.7. The van der Waals surface area contributed by atoms with Gasteiger partial charge in [-0.05, 0) is 24.1 Å². The number of halogens is 1. The molecule has 2 heterocycles. The highest BCUT2D eigenvalue weighted by atomic mass is 35.5. The van der Waals surface area contributed by atoms with Gasteiger partial charge in [-0.3, -0.25) is 24.8 Å². The Balaban J connectivity index is 1.45. The van der Waals surface area contributed by atoms with Crippen molar-refractivity contribution in [1.82, 2.24) is 20.4 Å². The Kier molecular flexibility index (Phi) is 5.75. The lowest BCUT2D eigenvalue weighted by atomic mass is 10.1. The van der Waals surface area contributed by atoms with Crippen LogP contribution in [0.5, 0.6) is 0 Å². The highest BCUT2D eigenvalue weighted by Crippen LogP contribution is 2.17. The molecule has 0 aliphatic carbocycles. The van der Waals surface area contributed by atoms with E-state index in [1.165, 1.54) is 4.90 Å². The number of nitrogens with two attached hydrogens (primary N) is 1. The van der Waals surface area contributed by atoms with Gasteiger partial charge in [-0.25, -0.2) is 0 Å². The van der Waals surface area contributed by atoms with Crippen LogP contribution in [0.3, 0.4) is 0 Å². The fourth-order valence-corrected chi connectivity index (χ4v) is 3.26. The molecule has 9 heteroatoms. The summed E-state index contributed by atoms with van der Waals surface area (Å²) in [5, 5.41) is 6.50. The summed E-state index contributed by atoms with van der Waals surface area (Å²) in [5.74, 6) is 0.249. The molecule has 0 bridgehead atoms. The summed E-state index contributed by atoms with van der Waals surface area (Å²) < 4.78 is 0. The maximum Gasteiger partial charge on any atom is 0.249 e. The van der Waals surface area contributed by atoms with Crippen molar-refractivity contribution >= 4 is 29.4 Å². The van der Waals surface area contributed by atoms with Crippen LogP contribution in [0, 0.1) is 0 Å². The van der Waals surface area contributed by atoms with Crippen LogP contribution in [-0.2, 0) is 16.0 Å². The van der Waals surface area contributed by atoms with Crippen molar-refractivity contribution in [2.75, 3.05) is 33.2 Å². The smallest absolute Gasteiger partial charge is 0.249 e. The van der Waals surface area contributed by atoms with Crippen LogP contribution in [0.4, 0.5) is 0 Å². The topological polar surface area (TPSA) is 103 Å². The number of nitrogens with zero attached hydrogens (tertiary/aromatic N) is 3. The molecule has 1 fully saturated rings. The number of hydrogen-bond donors (Lipinski definition) is 3. The maximum absolute atomic E-state index is 12.5. The minimum absolute atomic E-state index is 0.0267. The van der Waals surface area contributed by atoms with E-state index >= 15 is 0 Å². The molecular weight excluding hydrogens is 356 g/mol. The van der Waals surface area contributed by atoms with Crippen LogP contribution >= 0.6 is 11.6 Å². The Morgan fingerprint density at radius 3 is 2.85 bits per heavy atom. The van der Waals surface area contributed by atoms with Gasteiger partial charge in [-0.1, -0.05) is 23.7 Å². The van der Waals surface area contributed by atoms with Crippen molar-refractivity contribution in [1.29, 1.82) is 0 Å². The van der Waals surface area contributed by atoms with Gasteiger partial charge in [0, 0.05) is 25.2 Å². The maximum atomic E-state index is 12.5. The lowest BCUT2D eigenvalue weighted by Crippen LogP contribution is -2.70. The molecule has 1 aromatic carbocycles. The highest BCUT2D eigenvalue weighted by molar-refractivity contribution is 6.30. The number of likely N-dealkylation sites (N-methyl/N-ethyl adjacent to an activating group) is 1. The molecule has 2 amide bonds. The van der Waals surface area contributed by atoms with Crippen LogP contribution < -0.4 is 16.4 Å². The SMILES string of the molecule is CN1C(=O)C(NCC(=O)NCCc2ccc(Cl)cc2)C(N)N2CCN=C12. The standard InChI is InChI=1S/C17H23ClN6O2/c1-23-16(26)14(15(19)24-9-8-21-17(23)24)22-10-13(25)20-7-6-11-2-4-12(18)5-3-11/h2-5,14-15,22H,6-10,19H2,1H3,(H,20,25).